The fourth-order valence-electron chi connectivity index (χ4n) is 3.53. The van der Waals surface area contributed by atoms with Crippen molar-refractivity contribution < 1.29 is 13.9 Å². The van der Waals surface area contributed by atoms with E-state index in [-0.39, 0.29) is 25.4 Å². The van der Waals surface area contributed by atoms with E-state index in [4.69, 9.17) is 4.74 Å². The van der Waals surface area contributed by atoms with Crippen molar-refractivity contribution in [2.45, 2.75) is 46.6 Å². The lowest BCUT2D eigenvalue weighted by atomic mass is 10.1. The zero-order valence-electron chi connectivity index (χ0n) is 15.7. The van der Waals surface area contributed by atoms with Crippen LogP contribution in [0.1, 0.15) is 46.1 Å². The zero-order valence-corrected chi connectivity index (χ0v) is 15.7. The number of fused-ring (bicyclic) bond motifs is 1. The Morgan fingerprint density at radius 2 is 2.22 bits per heavy atom. The Balaban J connectivity index is 0.00000261. The maximum Gasteiger partial charge on any atom is 0.407 e. The Kier molecular flexibility index (Phi) is 7.25. The molecule has 150 valence electrons. The minimum Gasteiger partial charge on any atom is -0.447 e. The molecule has 5 nitrogen and oxygen atoms in total. The molecule has 1 saturated carbocycles. The van der Waals surface area contributed by atoms with Gasteiger partial charge in [-0.15, -0.1) is 0 Å². The maximum absolute atomic E-state index is 13.6. The van der Waals surface area contributed by atoms with Gasteiger partial charge < -0.3 is 19.9 Å². The van der Waals surface area contributed by atoms with Crippen LogP contribution < -0.4 is 5.32 Å². The van der Waals surface area contributed by atoms with Crippen LogP contribution in [0, 0.1) is 11.7 Å². The number of aromatic nitrogens is 1. The summed E-state index contributed by atoms with van der Waals surface area (Å²) in [6.45, 7) is 9.11. The molecule has 0 aliphatic heterocycles. The molecule has 2 aromatic rings. The van der Waals surface area contributed by atoms with Gasteiger partial charge >= 0.3 is 6.09 Å². The minimum atomic E-state index is -0.360. The minimum absolute atomic E-state index is 0. The molecular weight excluding hydrogens is 345 g/mol. The number of aromatic amines is 1. The van der Waals surface area contributed by atoms with Gasteiger partial charge in [-0.1, -0.05) is 14.4 Å². The number of ether oxygens (including phenoxy) is 1. The lowest BCUT2D eigenvalue weighted by Crippen LogP contribution is -2.36. The first-order chi connectivity index (χ1) is 12.5. The van der Waals surface area contributed by atoms with Gasteiger partial charge in [-0.25, -0.2) is 9.18 Å². The maximum atomic E-state index is 13.6. The van der Waals surface area contributed by atoms with Crippen LogP contribution in [0.2, 0.25) is 0 Å². The van der Waals surface area contributed by atoms with Crippen LogP contribution in [0.25, 0.3) is 10.9 Å². The van der Waals surface area contributed by atoms with Crippen LogP contribution >= 0.6 is 0 Å². The molecule has 1 aliphatic carbocycles. The van der Waals surface area contributed by atoms with Crippen LogP contribution in [0.15, 0.2) is 24.4 Å². The molecule has 1 aromatic carbocycles. The van der Waals surface area contributed by atoms with Gasteiger partial charge in [0.1, 0.15) is 5.82 Å². The Labute approximate surface area is 161 Å². The molecule has 0 spiro atoms. The number of nitrogens with one attached hydrogen (secondary N) is 2. The number of hydrogen-bond acceptors (Lipinski definition) is 3. The second-order valence-electron chi connectivity index (χ2n) is 7.31. The predicted molar refractivity (Wildman–Crippen MR) is 108 cm³/mol. The third kappa shape index (κ3) is 5.45. The van der Waals surface area contributed by atoms with Crippen LogP contribution in [0.3, 0.4) is 0 Å². The molecule has 6 heteroatoms. The monoisotopic (exact) mass is 377 g/mol. The number of benzene rings is 1. The number of alkyl carbamates (subject to hydrolysis) is 1. The lowest BCUT2D eigenvalue weighted by Gasteiger charge is -2.20. The summed E-state index contributed by atoms with van der Waals surface area (Å²) >= 11 is 0. The molecule has 0 saturated heterocycles. The van der Waals surface area contributed by atoms with E-state index in [9.17, 15) is 9.18 Å². The summed E-state index contributed by atoms with van der Waals surface area (Å²) in [5, 5.41) is 3.79. The van der Waals surface area contributed by atoms with E-state index in [0.717, 1.165) is 37.0 Å². The largest absolute Gasteiger partial charge is 0.447 e. The van der Waals surface area contributed by atoms with Gasteiger partial charge in [-0.2, -0.15) is 0 Å². The molecular formula is C21H32FN3O2. The van der Waals surface area contributed by atoms with Crippen molar-refractivity contribution in [1.29, 1.82) is 0 Å². The highest BCUT2D eigenvalue weighted by Crippen LogP contribution is 2.49. The van der Waals surface area contributed by atoms with E-state index >= 15 is 0 Å². The van der Waals surface area contributed by atoms with E-state index in [1.807, 2.05) is 20.0 Å². The van der Waals surface area contributed by atoms with E-state index in [2.05, 4.69) is 22.1 Å². The Morgan fingerprint density at radius 1 is 1.44 bits per heavy atom. The molecule has 2 N–H and O–H groups in total. The molecule has 2 unspecified atom stereocenters. The molecule has 0 radical (unpaired) electrons. The molecule has 1 aliphatic rings. The lowest BCUT2D eigenvalue weighted by molar-refractivity contribution is 0.114. The molecule has 2 atom stereocenters. The number of H-pyrrole nitrogens is 1. The summed E-state index contributed by atoms with van der Waals surface area (Å²) < 4.78 is 18.6. The van der Waals surface area contributed by atoms with Crippen LogP contribution in [-0.4, -0.2) is 48.3 Å². The summed E-state index contributed by atoms with van der Waals surface area (Å²) in [6, 6.07) is 4.91. The Bertz CT molecular complexity index is 759. The van der Waals surface area contributed by atoms with E-state index < -0.39 is 0 Å². The molecule has 1 aromatic heterocycles. The van der Waals surface area contributed by atoms with Crippen LogP contribution in [0.5, 0.6) is 0 Å². The fourth-order valence-corrected chi connectivity index (χ4v) is 3.53. The number of nitrogens with zero attached hydrogens (tertiary/aromatic N) is 1. The molecule has 1 heterocycles. The zero-order chi connectivity index (χ0) is 18.7. The van der Waals surface area contributed by atoms with Crippen molar-refractivity contribution in [2.75, 3.05) is 26.2 Å². The molecule has 27 heavy (non-hydrogen) atoms. The summed E-state index contributed by atoms with van der Waals surface area (Å²) in [4.78, 5) is 17.1. The van der Waals surface area contributed by atoms with Crippen LogP contribution in [-0.2, 0) is 4.74 Å². The van der Waals surface area contributed by atoms with Crippen molar-refractivity contribution in [3.05, 3.63) is 35.8 Å². The quantitative estimate of drug-likeness (QED) is 0.712. The van der Waals surface area contributed by atoms with Gasteiger partial charge in [0.05, 0.1) is 6.10 Å². The Hall–Kier alpha value is -2.08. The highest BCUT2D eigenvalue weighted by atomic mass is 19.1. The van der Waals surface area contributed by atoms with Crippen LogP contribution in [0.4, 0.5) is 9.18 Å². The normalized spacial score (nSPS) is 18.6. The second-order valence-corrected chi connectivity index (χ2v) is 7.31. The molecule has 0 bridgehead atoms. The number of carbonyl (C=O) groups excluding carboxylic acids is 1. The average Bonchev–Trinajstić information content (AvgIpc) is 3.21. The van der Waals surface area contributed by atoms with E-state index in [1.54, 1.807) is 12.1 Å². The van der Waals surface area contributed by atoms with Crippen molar-refractivity contribution in [3.63, 3.8) is 0 Å². The highest BCUT2D eigenvalue weighted by molar-refractivity contribution is 5.84. The van der Waals surface area contributed by atoms with Crippen molar-refractivity contribution in [2.24, 2.45) is 5.92 Å². The first-order valence-electron chi connectivity index (χ1n) is 9.41. The third-order valence-corrected chi connectivity index (χ3v) is 4.98. The first kappa shape index (κ1) is 21.2. The number of carbonyl (C=O) groups is 1. The van der Waals surface area contributed by atoms with Gasteiger partial charge in [-0.3, -0.25) is 0 Å². The highest BCUT2D eigenvalue weighted by Gasteiger charge is 2.40. The van der Waals surface area contributed by atoms with Crippen molar-refractivity contribution >= 4 is 17.0 Å². The van der Waals surface area contributed by atoms with Crippen molar-refractivity contribution in [3.8, 4) is 0 Å². The number of hydrogen-bond donors (Lipinski definition) is 2. The number of likely N-dealkylation sites (N-methyl/N-ethyl adjacent to an activating group) is 1. The average molecular weight is 378 g/mol. The summed E-state index contributed by atoms with van der Waals surface area (Å²) in [5.41, 5.74) is 2.21. The summed E-state index contributed by atoms with van der Waals surface area (Å²) in [5.74, 6) is 0.878. The second kappa shape index (κ2) is 9.22. The molecule has 1 fully saturated rings. The number of halogens is 1. The van der Waals surface area contributed by atoms with Gasteiger partial charge in [0.2, 0.25) is 0 Å². The van der Waals surface area contributed by atoms with Gasteiger partial charge in [0, 0.05) is 36.7 Å². The Morgan fingerprint density at radius 3 is 2.93 bits per heavy atom. The summed E-state index contributed by atoms with van der Waals surface area (Å²) in [6.07, 6.45) is 2.68. The first-order valence-corrected chi connectivity index (χ1v) is 9.41. The van der Waals surface area contributed by atoms with Gasteiger partial charge in [0.25, 0.3) is 0 Å². The molecule has 1 amide bonds. The SMILES string of the molecule is C.CCN(CCNC(=O)OC(C)C)CC1CC1c1c[nH]c2ccc(F)cc12. The summed E-state index contributed by atoms with van der Waals surface area (Å²) in [7, 11) is 0. The smallest absolute Gasteiger partial charge is 0.407 e. The predicted octanol–water partition coefficient (Wildman–Crippen LogP) is 4.50. The van der Waals surface area contributed by atoms with Gasteiger partial charge in [-0.05, 0) is 62.4 Å². The standard InChI is InChI=1S/C20H28FN3O2.CH4/c1-4-24(8-7-22-20(25)26-13(2)3)12-14-9-16(14)18-11-23-19-6-5-15(21)10-17(18)19;/h5-6,10-11,13-14,16,23H,4,7-9,12H2,1-3H3,(H,22,25);1H4. The van der Waals surface area contributed by atoms with Gasteiger partial charge in [0.15, 0.2) is 0 Å². The van der Waals surface area contributed by atoms with E-state index in [1.165, 1.54) is 11.6 Å². The number of rotatable bonds is 8. The molecule has 3 rings (SSSR count). The van der Waals surface area contributed by atoms with E-state index in [0.29, 0.717) is 18.4 Å². The number of amides is 1. The fraction of sp³-hybridized carbons (Fsp3) is 0.571. The van der Waals surface area contributed by atoms with Crippen molar-refractivity contribution in [1.82, 2.24) is 15.2 Å². The topological polar surface area (TPSA) is 57.4 Å². The third-order valence-electron chi connectivity index (χ3n) is 4.98.